The molecule has 0 spiro atoms. The van der Waals surface area contributed by atoms with E-state index in [1.807, 2.05) is 0 Å². The number of benzene rings is 18. The van der Waals surface area contributed by atoms with Crippen molar-refractivity contribution in [2.45, 2.75) is 0 Å². The lowest BCUT2D eigenvalue weighted by atomic mass is 9.92. The van der Waals surface area contributed by atoms with Crippen LogP contribution in [0.3, 0.4) is 0 Å². The normalized spacial score (nSPS) is 12.0. The van der Waals surface area contributed by atoms with Crippen molar-refractivity contribution >= 4 is 152 Å². The van der Waals surface area contributed by atoms with E-state index >= 15 is 0 Å². The first-order valence-corrected chi connectivity index (χ1v) is 34.6. The molecule has 4 aromatic heterocycles. The number of hydrogen-bond acceptors (Lipinski definition) is 0. The number of rotatable bonds is 6. The average molecular weight is 1270 g/mol. The SMILES string of the molecule is c1ccc(-n2c3ccccc3c3ccc(-c4ccc5c(c4)c4cc6c7ccccc7c7ccccc7c6cc4n5-c4ccccc4)cc32)cc1.c1ccc(-n2c3ccccc3c3ccc(-c4ccc5c(c4)c4ccc6c7ccccc7c7ccccc7c6c4n5-c4ccccc4)cc32)cc1. The Morgan fingerprint density at radius 2 is 0.390 bits per heavy atom. The first kappa shape index (κ1) is 55.9. The second-order valence-electron chi connectivity index (χ2n) is 26.6. The molecule has 22 aromatic rings. The third kappa shape index (κ3) is 8.41. The van der Waals surface area contributed by atoms with Crippen molar-refractivity contribution in [1.29, 1.82) is 0 Å². The van der Waals surface area contributed by atoms with E-state index in [9.17, 15) is 0 Å². The summed E-state index contributed by atoms with van der Waals surface area (Å²) in [6, 6.07) is 133. The van der Waals surface area contributed by atoms with Crippen LogP contribution in [-0.2, 0) is 0 Å². The highest BCUT2D eigenvalue weighted by molar-refractivity contribution is 6.34. The Morgan fingerprint density at radius 1 is 0.130 bits per heavy atom. The number of fused-ring (bicyclic) bond motifs is 25. The quantitative estimate of drug-likeness (QED) is 0.148. The molecule has 0 aliphatic carbocycles. The topological polar surface area (TPSA) is 19.7 Å². The average Bonchev–Trinajstić information content (AvgIpc) is 1.48. The maximum Gasteiger partial charge on any atom is 0.0625 e. The van der Waals surface area contributed by atoms with E-state index in [2.05, 4.69) is 382 Å². The molecule has 4 heteroatoms. The fourth-order valence-electron chi connectivity index (χ4n) is 17.0. The Hall–Kier alpha value is -13.3. The van der Waals surface area contributed by atoms with E-state index in [0.717, 1.165) is 0 Å². The number of aromatic nitrogens is 4. The Morgan fingerprint density at radius 3 is 0.840 bits per heavy atom. The van der Waals surface area contributed by atoms with Crippen LogP contribution in [0.25, 0.3) is 197 Å². The van der Waals surface area contributed by atoms with Gasteiger partial charge in [0.25, 0.3) is 0 Å². The highest BCUT2D eigenvalue weighted by Crippen LogP contribution is 2.47. The van der Waals surface area contributed by atoms with Crippen LogP contribution < -0.4 is 0 Å². The minimum atomic E-state index is 1.17. The molecule has 464 valence electrons. The molecule has 4 heterocycles. The van der Waals surface area contributed by atoms with Crippen LogP contribution >= 0.6 is 0 Å². The van der Waals surface area contributed by atoms with Gasteiger partial charge in [0.15, 0.2) is 0 Å². The molecule has 0 amide bonds. The van der Waals surface area contributed by atoms with Gasteiger partial charge in [-0.1, -0.05) is 255 Å². The summed E-state index contributed by atoms with van der Waals surface area (Å²) in [7, 11) is 0. The molecule has 100 heavy (non-hydrogen) atoms. The second-order valence-corrected chi connectivity index (χ2v) is 26.6. The summed E-state index contributed by atoms with van der Waals surface area (Å²) in [4.78, 5) is 0. The lowest BCUT2D eigenvalue weighted by molar-refractivity contribution is 1.18. The van der Waals surface area contributed by atoms with Gasteiger partial charge >= 0.3 is 0 Å². The summed E-state index contributed by atoms with van der Waals surface area (Å²) in [6.45, 7) is 0. The van der Waals surface area contributed by atoms with E-state index < -0.39 is 0 Å². The molecular formula is C96H60N4. The predicted molar refractivity (Wildman–Crippen MR) is 426 cm³/mol. The molecule has 4 nitrogen and oxygen atoms in total. The smallest absolute Gasteiger partial charge is 0.0625 e. The van der Waals surface area contributed by atoms with E-state index in [-0.39, 0.29) is 0 Å². The molecule has 22 rings (SSSR count). The largest absolute Gasteiger partial charge is 0.309 e. The monoisotopic (exact) mass is 1270 g/mol. The minimum Gasteiger partial charge on any atom is -0.309 e. The molecule has 0 saturated heterocycles. The third-order valence-electron chi connectivity index (χ3n) is 21.3. The Balaban J connectivity index is 0.000000131. The molecular weight excluding hydrogens is 1210 g/mol. The van der Waals surface area contributed by atoms with Crippen molar-refractivity contribution in [3.63, 3.8) is 0 Å². The molecule has 0 N–H and O–H groups in total. The first-order chi connectivity index (χ1) is 49.6. The zero-order chi connectivity index (χ0) is 65.5. The van der Waals surface area contributed by atoms with Gasteiger partial charge in [0.05, 0.1) is 44.1 Å². The van der Waals surface area contributed by atoms with Crippen LogP contribution in [0.2, 0.25) is 0 Å². The lowest BCUT2D eigenvalue weighted by Crippen LogP contribution is -1.95. The third-order valence-corrected chi connectivity index (χ3v) is 21.3. The number of nitrogens with zero attached hydrogens (tertiary/aromatic N) is 4. The highest BCUT2D eigenvalue weighted by atomic mass is 15.0. The fourth-order valence-corrected chi connectivity index (χ4v) is 17.0. The van der Waals surface area contributed by atoms with Crippen molar-refractivity contribution in [1.82, 2.24) is 18.3 Å². The number of hydrogen-bond donors (Lipinski definition) is 0. The van der Waals surface area contributed by atoms with Gasteiger partial charge in [0.1, 0.15) is 0 Å². The van der Waals surface area contributed by atoms with Crippen molar-refractivity contribution in [2.75, 3.05) is 0 Å². The Bertz CT molecular complexity index is 6860. The van der Waals surface area contributed by atoms with Gasteiger partial charge in [-0.15, -0.1) is 0 Å². The molecule has 0 atom stereocenters. The van der Waals surface area contributed by atoms with Gasteiger partial charge in [0.2, 0.25) is 0 Å². The maximum absolute atomic E-state index is 2.48. The summed E-state index contributed by atoms with van der Waals surface area (Å²) < 4.78 is 9.72. The second kappa shape index (κ2) is 22.1. The van der Waals surface area contributed by atoms with Gasteiger partial charge in [-0.3, -0.25) is 0 Å². The molecule has 0 aliphatic rings. The van der Waals surface area contributed by atoms with Crippen molar-refractivity contribution in [3.05, 3.63) is 364 Å². The van der Waals surface area contributed by atoms with Crippen molar-refractivity contribution < 1.29 is 0 Å². The Kier molecular flexibility index (Phi) is 12.4. The standard InChI is InChI=1S/2C48H30N2/c1-3-13-33(14-4-1)49-45-22-12-11-21-39(45)40-25-23-32(28-47(40)49)31-24-26-46-43(27-31)44-29-41-37-19-9-7-17-35(37)36-18-8-10-20-38(36)42(41)30-48(44)50(46)34-15-5-2-6-16-34;1-3-13-33(14-4-1)49-44-22-12-11-20-38(44)39-25-23-32(30-46(39)49)31-24-28-45-43(29-31)42-27-26-41-37-19-8-7-17-35(37)36-18-9-10-21-40(36)47(41)48(42)50(45)34-15-5-2-6-16-34/h2*1-30H. The Labute approximate surface area is 575 Å². The van der Waals surface area contributed by atoms with Gasteiger partial charge in [-0.25, -0.2) is 0 Å². The van der Waals surface area contributed by atoms with Crippen LogP contribution in [0, 0.1) is 0 Å². The predicted octanol–water partition coefficient (Wildman–Crippen LogP) is 26.0. The van der Waals surface area contributed by atoms with Crippen LogP contribution in [0.1, 0.15) is 0 Å². The molecule has 0 radical (unpaired) electrons. The maximum atomic E-state index is 2.48. The van der Waals surface area contributed by atoms with Gasteiger partial charge < -0.3 is 18.3 Å². The van der Waals surface area contributed by atoms with Crippen LogP contribution in [0.5, 0.6) is 0 Å². The fraction of sp³-hybridized carbons (Fsp3) is 0. The van der Waals surface area contributed by atoms with E-state index in [1.165, 1.54) is 197 Å². The lowest BCUT2D eigenvalue weighted by Gasteiger charge is -2.14. The van der Waals surface area contributed by atoms with Crippen molar-refractivity contribution in [2.24, 2.45) is 0 Å². The highest BCUT2D eigenvalue weighted by Gasteiger charge is 2.23. The van der Waals surface area contributed by atoms with E-state index in [1.54, 1.807) is 0 Å². The van der Waals surface area contributed by atoms with Gasteiger partial charge in [0, 0.05) is 71.2 Å². The van der Waals surface area contributed by atoms with Crippen molar-refractivity contribution in [3.8, 4) is 45.0 Å². The van der Waals surface area contributed by atoms with Crippen LogP contribution in [-0.4, -0.2) is 18.3 Å². The molecule has 0 saturated carbocycles. The number of para-hydroxylation sites is 6. The molecule has 0 fully saturated rings. The molecule has 0 bridgehead atoms. The summed E-state index contributed by atoms with van der Waals surface area (Å²) in [6.07, 6.45) is 0. The first-order valence-electron chi connectivity index (χ1n) is 34.6. The zero-order valence-electron chi connectivity index (χ0n) is 54.4. The van der Waals surface area contributed by atoms with E-state index in [4.69, 9.17) is 0 Å². The molecule has 0 aliphatic heterocycles. The van der Waals surface area contributed by atoms with Crippen LogP contribution in [0.15, 0.2) is 364 Å². The zero-order valence-corrected chi connectivity index (χ0v) is 54.4. The van der Waals surface area contributed by atoms with E-state index in [0.29, 0.717) is 0 Å². The van der Waals surface area contributed by atoms with Gasteiger partial charge in [-0.05, 0) is 191 Å². The minimum absolute atomic E-state index is 1.17. The van der Waals surface area contributed by atoms with Crippen LogP contribution in [0.4, 0.5) is 0 Å². The molecule has 0 unspecified atom stereocenters. The summed E-state index contributed by atoms with van der Waals surface area (Å²) in [5.41, 5.74) is 19.3. The van der Waals surface area contributed by atoms with Gasteiger partial charge in [-0.2, -0.15) is 0 Å². The summed E-state index contributed by atoms with van der Waals surface area (Å²) in [5, 5.41) is 25.6. The molecule has 18 aromatic carbocycles. The summed E-state index contributed by atoms with van der Waals surface area (Å²) in [5.74, 6) is 0. The summed E-state index contributed by atoms with van der Waals surface area (Å²) >= 11 is 0.